The second kappa shape index (κ2) is 3.71. The van der Waals surface area contributed by atoms with Crippen molar-refractivity contribution < 1.29 is 4.39 Å². The molecule has 0 atom stereocenters. The van der Waals surface area contributed by atoms with Crippen LogP contribution in [0.2, 0.25) is 0 Å². The lowest BCUT2D eigenvalue weighted by molar-refractivity contribution is 0.626. The molecule has 12 heavy (non-hydrogen) atoms. The molecule has 0 saturated heterocycles. The summed E-state index contributed by atoms with van der Waals surface area (Å²) in [7, 11) is 0. The lowest BCUT2D eigenvalue weighted by Gasteiger charge is -1.98. The summed E-state index contributed by atoms with van der Waals surface area (Å²) in [6.45, 7) is 0. The number of benzene rings is 1. The van der Waals surface area contributed by atoms with Crippen LogP contribution in [0.25, 0.3) is 0 Å². The van der Waals surface area contributed by atoms with Crippen LogP contribution in [0.1, 0.15) is 5.56 Å². The van der Waals surface area contributed by atoms with Crippen molar-refractivity contribution in [3.63, 3.8) is 0 Å². The van der Waals surface area contributed by atoms with E-state index in [-0.39, 0.29) is 5.82 Å². The van der Waals surface area contributed by atoms with E-state index in [1.807, 2.05) is 0 Å². The van der Waals surface area contributed by atoms with Gasteiger partial charge < -0.3 is 11.6 Å². The minimum Gasteiger partial charge on any atom is -0.385 e. The van der Waals surface area contributed by atoms with Gasteiger partial charge in [0, 0.05) is 6.42 Å². The van der Waals surface area contributed by atoms with Crippen molar-refractivity contribution in [3.05, 3.63) is 35.6 Å². The van der Waals surface area contributed by atoms with E-state index in [2.05, 4.69) is 5.10 Å². The molecule has 0 saturated carbocycles. The van der Waals surface area contributed by atoms with Crippen molar-refractivity contribution in [2.24, 2.45) is 16.7 Å². The summed E-state index contributed by atoms with van der Waals surface area (Å²) in [6.07, 6.45) is 0.383. The molecule has 0 heterocycles. The average Bonchev–Trinajstić information content (AvgIpc) is 2.04. The molecule has 0 aliphatic heterocycles. The Bertz CT molecular complexity index is 296. The lowest BCUT2D eigenvalue weighted by atomic mass is 10.1. The van der Waals surface area contributed by atoms with Crippen LogP contribution in [-0.4, -0.2) is 5.84 Å². The topological polar surface area (TPSA) is 64.4 Å². The van der Waals surface area contributed by atoms with Crippen molar-refractivity contribution in [1.29, 1.82) is 0 Å². The zero-order valence-electron chi connectivity index (χ0n) is 6.50. The van der Waals surface area contributed by atoms with Crippen LogP contribution in [0.3, 0.4) is 0 Å². The third-order valence-electron chi connectivity index (χ3n) is 1.44. The van der Waals surface area contributed by atoms with Crippen molar-refractivity contribution in [2.75, 3.05) is 0 Å². The van der Waals surface area contributed by atoms with Gasteiger partial charge in [-0.2, -0.15) is 5.10 Å². The zero-order valence-corrected chi connectivity index (χ0v) is 6.50. The van der Waals surface area contributed by atoms with Gasteiger partial charge in [-0.1, -0.05) is 12.1 Å². The fourth-order valence-corrected chi connectivity index (χ4v) is 0.902. The maximum atomic E-state index is 12.6. The highest BCUT2D eigenvalue weighted by molar-refractivity contribution is 5.82. The number of amidine groups is 1. The average molecular weight is 167 g/mol. The molecule has 0 aliphatic rings. The fourth-order valence-electron chi connectivity index (χ4n) is 0.902. The van der Waals surface area contributed by atoms with Crippen LogP contribution in [0.15, 0.2) is 29.4 Å². The zero-order chi connectivity index (χ0) is 8.97. The van der Waals surface area contributed by atoms with Gasteiger partial charge in [0.25, 0.3) is 0 Å². The summed E-state index contributed by atoms with van der Waals surface area (Å²) in [5.41, 5.74) is 6.12. The Morgan fingerprint density at radius 2 is 2.25 bits per heavy atom. The number of rotatable bonds is 2. The number of hydrazone groups is 1. The van der Waals surface area contributed by atoms with Crippen LogP contribution < -0.4 is 11.6 Å². The molecule has 1 aromatic rings. The van der Waals surface area contributed by atoms with Gasteiger partial charge in [0.15, 0.2) is 0 Å². The highest BCUT2D eigenvalue weighted by Gasteiger charge is 1.97. The number of hydrogen-bond donors (Lipinski definition) is 2. The summed E-state index contributed by atoms with van der Waals surface area (Å²) < 4.78 is 12.6. The third-order valence-corrected chi connectivity index (χ3v) is 1.44. The molecule has 64 valence electrons. The second-order valence-electron chi connectivity index (χ2n) is 2.43. The first-order valence-corrected chi connectivity index (χ1v) is 3.49. The molecule has 0 spiro atoms. The van der Waals surface area contributed by atoms with Gasteiger partial charge in [0.2, 0.25) is 0 Å². The Balaban J connectivity index is 2.76. The maximum absolute atomic E-state index is 12.6. The quantitative estimate of drug-likeness (QED) is 0.293. The molecule has 1 aromatic carbocycles. The Morgan fingerprint density at radius 1 is 1.50 bits per heavy atom. The minimum atomic E-state index is -0.280. The van der Waals surface area contributed by atoms with Gasteiger partial charge in [-0.25, -0.2) is 4.39 Å². The van der Waals surface area contributed by atoms with Gasteiger partial charge in [-0.05, 0) is 17.7 Å². The first-order valence-electron chi connectivity index (χ1n) is 3.49. The molecule has 0 amide bonds. The Kier molecular flexibility index (Phi) is 2.63. The van der Waals surface area contributed by atoms with Gasteiger partial charge in [0.05, 0.1) is 0 Å². The summed E-state index contributed by atoms with van der Waals surface area (Å²) >= 11 is 0. The molecule has 4 N–H and O–H groups in total. The van der Waals surface area contributed by atoms with Gasteiger partial charge in [0.1, 0.15) is 11.7 Å². The summed E-state index contributed by atoms with van der Waals surface area (Å²) in [4.78, 5) is 0. The first-order chi connectivity index (χ1) is 5.72. The number of halogens is 1. The van der Waals surface area contributed by atoms with Crippen molar-refractivity contribution in [1.82, 2.24) is 0 Å². The fraction of sp³-hybridized carbons (Fsp3) is 0.125. The lowest BCUT2D eigenvalue weighted by Crippen LogP contribution is -2.16. The van der Waals surface area contributed by atoms with E-state index in [0.717, 1.165) is 5.56 Å². The molecule has 0 unspecified atom stereocenters. The first kappa shape index (κ1) is 8.52. The second-order valence-corrected chi connectivity index (χ2v) is 2.43. The van der Waals surface area contributed by atoms with Crippen LogP contribution in [-0.2, 0) is 6.42 Å². The summed E-state index contributed by atoms with van der Waals surface area (Å²) in [5, 5.41) is 3.29. The maximum Gasteiger partial charge on any atom is 0.123 e. The Hall–Kier alpha value is -1.58. The van der Waals surface area contributed by atoms with E-state index in [1.165, 1.54) is 12.1 Å². The highest BCUT2D eigenvalue weighted by Crippen LogP contribution is 2.03. The van der Waals surface area contributed by atoms with E-state index < -0.39 is 0 Å². The number of nitrogens with two attached hydrogens (primary N) is 2. The minimum absolute atomic E-state index is 0.280. The standard InChI is InChI=1S/C8H10FN3/c9-7-3-1-2-6(4-7)5-8(10)12-11/h1-4H,5,11H2,(H2,10,12). The van der Waals surface area contributed by atoms with E-state index in [1.54, 1.807) is 12.1 Å². The SMILES string of the molecule is NN=C(N)Cc1cccc(F)c1. The third kappa shape index (κ3) is 2.23. The molecule has 0 radical (unpaired) electrons. The molecule has 0 fully saturated rings. The van der Waals surface area contributed by atoms with Crippen molar-refractivity contribution >= 4 is 5.84 Å². The number of nitrogens with zero attached hydrogens (tertiary/aromatic N) is 1. The largest absolute Gasteiger partial charge is 0.385 e. The predicted octanol–water partition coefficient (Wildman–Crippen LogP) is 0.599. The van der Waals surface area contributed by atoms with E-state index in [9.17, 15) is 4.39 Å². The van der Waals surface area contributed by atoms with Crippen LogP contribution >= 0.6 is 0 Å². The van der Waals surface area contributed by atoms with Crippen molar-refractivity contribution in [3.8, 4) is 0 Å². The highest BCUT2D eigenvalue weighted by atomic mass is 19.1. The molecule has 0 aromatic heterocycles. The molecule has 3 nitrogen and oxygen atoms in total. The summed E-state index contributed by atoms with van der Waals surface area (Å²) in [5.74, 6) is 4.94. The Labute approximate surface area is 69.9 Å². The Morgan fingerprint density at radius 3 is 2.83 bits per heavy atom. The van der Waals surface area contributed by atoms with Gasteiger partial charge in [-0.15, -0.1) is 0 Å². The summed E-state index contributed by atoms with van der Waals surface area (Å²) in [6, 6.07) is 6.16. The van der Waals surface area contributed by atoms with Crippen LogP contribution in [0.5, 0.6) is 0 Å². The van der Waals surface area contributed by atoms with Gasteiger partial charge in [-0.3, -0.25) is 0 Å². The molecule has 1 rings (SSSR count). The molecular formula is C8H10FN3. The molecule has 0 aliphatic carbocycles. The van der Waals surface area contributed by atoms with E-state index >= 15 is 0 Å². The van der Waals surface area contributed by atoms with E-state index in [0.29, 0.717) is 12.3 Å². The van der Waals surface area contributed by atoms with Crippen LogP contribution in [0, 0.1) is 5.82 Å². The number of hydrogen-bond acceptors (Lipinski definition) is 2. The van der Waals surface area contributed by atoms with Gasteiger partial charge >= 0.3 is 0 Å². The molecule has 0 bridgehead atoms. The van der Waals surface area contributed by atoms with Crippen LogP contribution in [0.4, 0.5) is 4.39 Å². The molecule has 4 heteroatoms. The van der Waals surface area contributed by atoms with Crippen molar-refractivity contribution in [2.45, 2.75) is 6.42 Å². The predicted molar refractivity (Wildman–Crippen MR) is 45.9 cm³/mol. The van der Waals surface area contributed by atoms with E-state index in [4.69, 9.17) is 11.6 Å². The monoisotopic (exact) mass is 167 g/mol. The normalized spacial score (nSPS) is 11.6. The molecular weight excluding hydrogens is 157 g/mol. The smallest absolute Gasteiger partial charge is 0.123 e.